The summed E-state index contributed by atoms with van der Waals surface area (Å²) in [5, 5.41) is 10.1. The van der Waals surface area contributed by atoms with Crippen LogP contribution in [-0.4, -0.2) is 17.0 Å². The first kappa shape index (κ1) is 12.9. The van der Waals surface area contributed by atoms with Crippen molar-refractivity contribution < 1.29 is 14.6 Å². The molecule has 1 atom stereocenters. The van der Waals surface area contributed by atoms with Gasteiger partial charge in [0.25, 0.3) is 0 Å². The maximum absolute atomic E-state index is 11.2. The van der Waals surface area contributed by atoms with Crippen LogP contribution in [0.2, 0.25) is 0 Å². The van der Waals surface area contributed by atoms with Crippen molar-refractivity contribution in [3.8, 4) is 11.5 Å². The Morgan fingerprint density at radius 2 is 1.83 bits per heavy atom. The molecule has 18 heavy (non-hydrogen) atoms. The van der Waals surface area contributed by atoms with Crippen molar-refractivity contribution in [1.29, 1.82) is 0 Å². The van der Waals surface area contributed by atoms with E-state index in [4.69, 9.17) is 4.74 Å². The number of rotatable bonds is 1. The first-order chi connectivity index (χ1) is 8.29. The van der Waals surface area contributed by atoms with E-state index in [1.165, 1.54) is 0 Å². The van der Waals surface area contributed by atoms with Crippen LogP contribution in [0.5, 0.6) is 11.5 Å². The molecule has 0 spiro atoms. The van der Waals surface area contributed by atoms with E-state index in [-0.39, 0.29) is 5.92 Å². The van der Waals surface area contributed by atoms with E-state index in [1.807, 2.05) is 34.6 Å². The van der Waals surface area contributed by atoms with E-state index in [1.54, 1.807) is 0 Å². The second-order valence-electron chi connectivity index (χ2n) is 5.68. The van der Waals surface area contributed by atoms with Gasteiger partial charge in [-0.1, -0.05) is 0 Å². The highest BCUT2D eigenvalue weighted by atomic mass is 16.5. The third-order valence-electron chi connectivity index (χ3n) is 4.19. The van der Waals surface area contributed by atoms with Gasteiger partial charge in [0.05, 0.1) is 5.92 Å². The largest absolute Gasteiger partial charge is 0.507 e. The van der Waals surface area contributed by atoms with Gasteiger partial charge < -0.3 is 14.6 Å². The number of benzene rings is 1. The zero-order valence-corrected chi connectivity index (χ0v) is 11.6. The lowest BCUT2D eigenvalue weighted by Crippen LogP contribution is -2.43. The number of hydrogen-bond donors (Lipinski definition) is 1. The Morgan fingerprint density at radius 1 is 1.22 bits per heavy atom. The molecule has 0 saturated heterocycles. The van der Waals surface area contributed by atoms with Crippen LogP contribution < -0.4 is 4.74 Å². The summed E-state index contributed by atoms with van der Waals surface area (Å²) in [4.78, 5) is 11.2. The molecule has 2 rings (SSSR count). The van der Waals surface area contributed by atoms with Gasteiger partial charge >= 0.3 is 0 Å². The fraction of sp³-hybridized carbons (Fsp3) is 0.533. The number of hydrogen-bond acceptors (Lipinski definition) is 3. The summed E-state index contributed by atoms with van der Waals surface area (Å²) in [5.74, 6) is 0.982. The minimum atomic E-state index is -0.491. The van der Waals surface area contributed by atoms with E-state index in [9.17, 15) is 9.90 Å². The Kier molecular flexibility index (Phi) is 2.88. The molecular formula is C15H20O3. The van der Waals surface area contributed by atoms with Gasteiger partial charge in [-0.05, 0) is 57.7 Å². The summed E-state index contributed by atoms with van der Waals surface area (Å²) in [5.41, 5.74) is 3.12. The summed E-state index contributed by atoms with van der Waals surface area (Å²) >= 11 is 0. The molecule has 1 aromatic carbocycles. The molecule has 0 saturated carbocycles. The van der Waals surface area contributed by atoms with Gasteiger partial charge in [0.1, 0.15) is 23.4 Å². The first-order valence-corrected chi connectivity index (χ1v) is 6.25. The van der Waals surface area contributed by atoms with Crippen molar-refractivity contribution in [3.63, 3.8) is 0 Å². The van der Waals surface area contributed by atoms with E-state index in [0.717, 1.165) is 34.3 Å². The second-order valence-corrected chi connectivity index (χ2v) is 5.68. The van der Waals surface area contributed by atoms with Crippen molar-refractivity contribution in [3.05, 3.63) is 22.3 Å². The molecule has 0 aliphatic carbocycles. The Morgan fingerprint density at radius 3 is 2.39 bits per heavy atom. The number of aromatic hydroxyl groups is 1. The van der Waals surface area contributed by atoms with Crippen molar-refractivity contribution >= 4 is 6.29 Å². The van der Waals surface area contributed by atoms with E-state index < -0.39 is 5.60 Å². The topological polar surface area (TPSA) is 46.5 Å². The number of fused-ring (bicyclic) bond motifs is 1. The van der Waals surface area contributed by atoms with Crippen LogP contribution in [0, 0.1) is 26.7 Å². The van der Waals surface area contributed by atoms with Crippen LogP contribution in [0.25, 0.3) is 0 Å². The summed E-state index contributed by atoms with van der Waals surface area (Å²) < 4.78 is 6.03. The summed E-state index contributed by atoms with van der Waals surface area (Å²) in [6.45, 7) is 9.59. The molecule has 1 unspecified atom stereocenters. The molecule has 0 bridgehead atoms. The monoisotopic (exact) mass is 248 g/mol. The molecule has 0 radical (unpaired) electrons. The molecule has 1 N–H and O–H groups in total. The van der Waals surface area contributed by atoms with Crippen LogP contribution in [0.4, 0.5) is 0 Å². The number of aldehydes is 1. The van der Waals surface area contributed by atoms with Gasteiger partial charge in [0, 0.05) is 5.56 Å². The van der Waals surface area contributed by atoms with Crippen molar-refractivity contribution in [2.24, 2.45) is 5.92 Å². The van der Waals surface area contributed by atoms with E-state index in [0.29, 0.717) is 12.2 Å². The fourth-order valence-corrected chi connectivity index (χ4v) is 2.57. The van der Waals surface area contributed by atoms with Crippen LogP contribution in [-0.2, 0) is 11.2 Å². The molecule has 1 heterocycles. The third-order valence-corrected chi connectivity index (χ3v) is 4.19. The molecule has 1 aliphatic heterocycles. The Labute approximate surface area is 108 Å². The van der Waals surface area contributed by atoms with Gasteiger partial charge in [-0.15, -0.1) is 0 Å². The lowest BCUT2D eigenvalue weighted by molar-refractivity contribution is -0.117. The van der Waals surface area contributed by atoms with Gasteiger partial charge in [0.2, 0.25) is 0 Å². The molecule has 3 nitrogen and oxygen atoms in total. The van der Waals surface area contributed by atoms with Crippen molar-refractivity contribution in [2.75, 3.05) is 0 Å². The summed E-state index contributed by atoms with van der Waals surface area (Å²) in [6.07, 6.45) is 1.58. The lowest BCUT2D eigenvalue weighted by Gasteiger charge is -2.39. The van der Waals surface area contributed by atoms with Crippen LogP contribution in [0.15, 0.2) is 0 Å². The number of carbonyl (C=O) groups excluding carboxylic acids is 1. The highest BCUT2D eigenvalue weighted by molar-refractivity contribution is 5.63. The second kappa shape index (κ2) is 4.01. The van der Waals surface area contributed by atoms with Crippen molar-refractivity contribution in [2.45, 2.75) is 46.6 Å². The highest BCUT2D eigenvalue weighted by Gasteiger charge is 2.39. The third kappa shape index (κ3) is 1.69. The Balaban J connectivity index is 2.66. The standard InChI is InChI=1S/C15H20O3/c1-8-9(2)14-12(10(3)13(8)17)6-11(7-16)15(4,5)18-14/h7,11,17H,6H2,1-5H3. The normalized spacial score (nSPS) is 21.1. The van der Waals surface area contributed by atoms with Crippen LogP contribution in [0.3, 0.4) is 0 Å². The molecule has 0 amide bonds. The molecule has 0 fully saturated rings. The fourth-order valence-electron chi connectivity index (χ4n) is 2.57. The van der Waals surface area contributed by atoms with E-state index in [2.05, 4.69) is 0 Å². The van der Waals surface area contributed by atoms with Gasteiger partial charge in [0.15, 0.2) is 0 Å². The first-order valence-electron chi connectivity index (χ1n) is 6.25. The summed E-state index contributed by atoms with van der Waals surface area (Å²) in [6, 6.07) is 0. The average Bonchev–Trinajstić information content (AvgIpc) is 2.32. The molecule has 3 heteroatoms. The molecule has 98 valence electrons. The predicted octanol–water partition coefficient (Wildman–Crippen LogP) is 2.85. The lowest BCUT2D eigenvalue weighted by atomic mass is 9.80. The zero-order valence-electron chi connectivity index (χ0n) is 11.6. The number of ether oxygens (including phenoxy) is 1. The maximum Gasteiger partial charge on any atom is 0.127 e. The average molecular weight is 248 g/mol. The van der Waals surface area contributed by atoms with Crippen LogP contribution in [0.1, 0.15) is 36.1 Å². The van der Waals surface area contributed by atoms with Gasteiger partial charge in [-0.3, -0.25) is 0 Å². The Bertz CT molecular complexity index is 515. The molecule has 0 aromatic heterocycles. The molecule has 1 aliphatic rings. The van der Waals surface area contributed by atoms with Gasteiger partial charge in [-0.2, -0.15) is 0 Å². The predicted molar refractivity (Wildman–Crippen MR) is 70.3 cm³/mol. The van der Waals surface area contributed by atoms with Gasteiger partial charge in [-0.25, -0.2) is 0 Å². The number of phenolic OH excluding ortho intramolecular Hbond substituents is 1. The van der Waals surface area contributed by atoms with E-state index >= 15 is 0 Å². The minimum Gasteiger partial charge on any atom is -0.507 e. The van der Waals surface area contributed by atoms with Crippen molar-refractivity contribution in [1.82, 2.24) is 0 Å². The highest BCUT2D eigenvalue weighted by Crippen LogP contribution is 2.44. The minimum absolute atomic E-state index is 0.176. The molecule has 1 aromatic rings. The SMILES string of the molecule is Cc1c(C)c2c(c(C)c1O)CC(C=O)C(C)(C)O2. The quantitative estimate of drug-likeness (QED) is 0.777. The maximum atomic E-state index is 11.2. The smallest absolute Gasteiger partial charge is 0.127 e. The zero-order chi connectivity index (χ0) is 13.7. The molecular weight excluding hydrogens is 228 g/mol. The number of carbonyl (C=O) groups is 1. The Hall–Kier alpha value is -1.51. The van der Waals surface area contributed by atoms with Crippen LogP contribution >= 0.6 is 0 Å². The summed E-state index contributed by atoms with van der Waals surface area (Å²) in [7, 11) is 0. The number of phenols is 1.